The van der Waals surface area contributed by atoms with Crippen LogP contribution >= 0.6 is 0 Å². The summed E-state index contributed by atoms with van der Waals surface area (Å²) < 4.78 is 17.5. The van der Waals surface area contributed by atoms with Crippen LogP contribution in [0.2, 0.25) is 0 Å². The molecule has 1 atom stereocenters. The first kappa shape index (κ1) is 16.4. The molecule has 0 N–H and O–H groups in total. The quantitative estimate of drug-likeness (QED) is 0.715. The molecule has 0 unspecified atom stereocenters. The van der Waals surface area contributed by atoms with Crippen molar-refractivity contribution < 1.29 is 13.4 Å². The lowest BCUT2D eigenvalue weighted by atomic mass is 10.1. The molecule has 6 heteroatoms. The van der Waals surface area contributed by atoms with Crippen molar-refractivity contribution in [2.75, 3.05) is 13.3 Å². The summed E-state index contributed by atoms with van der Waals surface area (Å²) in [6.45, 7) is 0.451. The molecule has 0 aliphatic heterocycles. The van der Waals surface area contributed by atoms with Crippen molar-refractivity contribution in [3.8, 4) is 0 Å². The fourth-order valence-corrected chi connectivity index (χ4v) is 3.32. The molecule has 1 aromatic carbocycles. The highest BCUT2D eigenvalue weighted by molar-refractivity contribution is 7.83. The number of carbonyl (C=O) groups is 1. The average molecular weight is 342 g/mol. The van der Waals surface area contributed by atoms with Crippen LogP contribution in [0.1, 0.15) is 21.7 Å². The first-order valence-electron chi connectivity index (χ1n) is 7.51. The zero-order valence-electron chi connectivity index (χ0n) is 13.6. The van der Waals surface area contributed by atoms with Crippen LogP contribution in [0.4, 0.5) is 0 Å². The summed E-state index contributed by atoms with van der Waals surface area (Å²) in [5, 5.41) is 0.841. The lowest BCUT2D eigenvalue weighted by Gasteiger charge is -2.16. The SMILES string of the molecule is CN(Cc1ccncc1)C(=O)c1oc2ccccc2c1C[S@](C)=O. The van der Waals surface area contributed by atoms with Crippen molar-refractivity contribution in [1.29, 1.82) is 0 Å². The number of nitrogens with zero attached hydrogens (tertiary/aromatic N) is 2. The van der Waals surface area contributed by atoms with Gasteiger partial charge in [0.15, 0.2) is 5.76 Å². The minimum atomic E-state index is -1.07. The van der Waals surface area contributed by atoms with E-state index in [1.165, 1.54) is 0 Å². The lowest BCUT2D eigenvalue weighted by molar-refractivity contribution is 0.0754. The predicted octanol–water partition coefficient (Wildman–Crippen LogP) is 2.98. The molecule has 0 aliphatic carbocycles. The minimum absolute atomic E-state index is 0.219. The standard InChI is InChI=1S/C18H18N2O3S/c1-20(11-13-7-9-19-10-8-13)18(21)17-15(12-24(2)22)14-5-3-4-6-16(14)23-17/h3-10H,11-12H2,1-2H3/t24-/m0/s1. The van der Waals surface area contributed by atoms with Crippen LogP contribution < -0.4 is 0 Å². The molecule has 0 saturated carbocycles. The van der Waals surface area contributed by atoms with Crippen molar-refractivity contribution in [1.82, 2.24) is 9.88 Å². The topological polar surface area (TPSA) is 63.4 Å². The van der Waals surface area contributed by atoms with E-state index >= 15 is 0 Å². The van der Waals surface area contributed by atoms with Gasteiger partial charge in [0, 0.05) is 54.0 Å². The Bertz CT molecular complexity index is 890. The maximum atomic E-state index is 12.8. The highest BCUT2D eigenvalue weighted by atomic mass is 32.2. The summed E-state index contributed by atoms with van der Waals surface area (Å²) in [7, 11) is 0.657. The van der Waals surface area contributed by atoms with Crippen LogP contribution in [0.3, 0.4) is 0 Å². The Balaban J connectivity index is 1.95. The van der Waals surface area contributed by atoms with Crippen LogP contribution in [0.25, 0.3) is 11.0 Å². The molecular weight excluding hydrogens is 324 g/mol. The van der Waals surface area contributed by atoms with Gasteiger partial charge in [0.2, 0.25) is 0 Å². The molecule has 0 bridgehead atoms. The summed E-state index contributed by atoms with van der Waals surface area (Å²) in [6.07, 6.45) is 5.01. The van der Waals surface area contributed by atoms with Crippen LogP contribution in [-0.2, 0) is 23.1 Å². The summed E-state index contributed by atoms with van der Waals surface area (Å²) in [4.78, 5) is 18.4. The largest absolute Gasteiger partial charge is 0.451 e. The molecule has 124 valence electrons. The number of pyridine rings is 1. The molecule has 0 radical (unpaired) electrons. The first-order valence-corrected chi connectivity index (χ1v) is 9.24. The van der Waals surface area contributed by atoms with Crippen molar-refractivity contribution in [3.05, 3.63) is 65.7 Å². The van der Waals surface area contributed by atoms with E-state index < -0.39 is 10.8 Å². The molecule has 3 rings (SSSR count). The molecule has 2 aromatic heterocycles. The normalized spacial score (nSPS) is 12.2. The molecule has 0 spiro atoms. The third kappa shape index (κ3) is 3.38. The van der Waals surface area contributed by atoms with E-state index in [1.54, 1.807) is 30.6 Å². The Morgan fingerprint density at radius 1 is 1.21 bits per heavy atom. The maximum Gasteiger partial charge on any atom is 0.289 e. The van der Waals surface area contributed by atoms with Crippen molar-refractivity contribution in [2.45, 2.75) is 12.3 Å². The van der Waals surface area contributed by atoms with E-state index in [-0.39, 0.29) is 11.7 Å². The second-order valence-corrected chi connectivity index (χ2v) is 7.08. The highest BCUT2D eigenvalue weighted by Crippen LogP contribution is 2.28. The van der Waals surface area contributed by atoms with Gasteiger partial charge in [-0.3, -0.25) is 14.0 Å². The second-order valence-electron chi connectivity index (χ2n) is 5.64. The molecule has 5 nitrogen and oxygen atoms in total. The van der Waals surface area contributed by atoms with E-state index in [1.807, 2.05) is 36.4 Å². The number of aromatic nitrogens is 1. The molecule has 0 fully saturated rings. The third-order valence-electron chi connectivity index (χ3n) is 3.76. The number of benzene rings is 1. The van der Waals surface area contributed by atoms with Gasteiger partial charge in [-0.05, 0) is 23.8 Å². The van der Waals surface area contributed by atoms with E-state index in [0.29, 0.717) is 23.4 Å². The number of fused-ring (bicyclic) bond motifs is 1. The zero-order valence-corrected chi connectivity index (χ0v) is 14.4. The van der Waals surface area contributed by atoms with E-state index in [4.69, 9.17) is 4.42 Å². The van der Waals surface area contributed by atoms with Gasteiger partial charge in [-0.1, -0.05) is 18.2 Å². The number of furan rings is 1. The predicted molar refractivity (Wildman–Crippen MR) is 94.0 cm³/mol. The van der Waals surface area contributed by atoms with Gasteiger partial charge in [-0.15, -0.1) is 0 Å². The Morgan fingerprint density at radius 3 is 2.62 bits per heavy atom. The fraction of sp³-hybridized carbons (Fsp3) is 0.222. The maximum absolute atomic E-state index is 12.8. The Hall–Kier alpha value is -2.47. The summed E-state index contributed by atoms with van der Waals surface area (Å²) in [5.74, 6) is 0.340. The summed E-state index contributed by atoms with van der Waals surface area (Å²) >= 11 is 0. The smallest absolute Gasteiger partial charge is 0.289 e. The van der Waals surface area contributed by atoms with Gasteiger partial charge >= 0.3 is 0 Å². The monoisotopic (exact) mass is 342 g/mol. The van der Waals surface area contributed by atoms with Crippen LogP contribution in [0.5, 0.6) is 0 Å². The van der Waals surface area contributed by atoms with E-state index in [9.17, 15) is 9.00 Å². The summed E-state index contributed by atoms with van der Waals surface area (Å²) in [6, 6.07) is 11.2. The molecule has 0 saturated heterocycles. The number of carbonyl (C=O) groups excluding carboxylic acids is 1. The van der Waals surface area contributed by atoms with Gasteiger partial charge in [0.1, 0.15) is 5.58 Å². The zero-order chi connectivity index (χ0) is 17.1. The Morgan fingerprint density at radius 2 is 1.92 bits per heavy atom. The fourth-order valence-electron chi connectivity index (χ4n) is 2.63. The van der Waals surface area contributed by atoms with Gasteiger partial charge in [0.05, 0.1) is 5.75 Å². The molecule has 24 heavy (non-hydrogen) atoms. The van der Waals surface area contributed by atoms with E-state index in [2.05, 4.69) is 4.98 Å². The Kier molecular flexibility index (Phi) is 4.76. The van der Waals surface area contributed by atoms with Gasteiger partial charge < -0.3 is 9.32 Å². The number of para-hydroxylation sites is 1. The average Bonchev–Trinajstić information content (AvgIpc) is 2.93. The number of amides is 1. The van der Waals surface area contributed by atoms with Crippen LogP contribution in [0.15, 0.2) is 53.2 Å². The first-order chi connectivity index (χ1) is 11.6. The number of hydrogen-bond acceptors (Lipinski definition) is 4. The van der Waals surface area contributed by atoms with E-state index in [0.717, 1.165) is 10.9 Å². The third-order valence-corrected chi connectivity index (χ3v) is 4.45. The lowest BCUT2D eigenvalue weighted by Crippen LogP contribution is -2.26. The van der Waals surface area contributed by atoms with Crippen LogP contribution in [-0.4, -0.2) is 33.3 Å². The minimum Gasteiger partial charge on any atom is -0.451 e. The molecule has 3 aromatic rings. The van der Waals surface area contributed by atoms with Gasteiger partial charge in [-0.25, -0.2) is 0 Å². The van der Waals surface area contributed by atoms with Crippen LogP contribution in [0, 0.1) is 0 Å². The molecule has 0 aliphatic rings. The van der Waals surface area contributed by atoms with Gasteiger partial charge in [0.25, 0.3) is 5.91 Å². The summed E-state index contributed by atoms with van der Waals surface area (Å²) in [5.41, 5.74) is 2.33. The second kappa shape index (κ2) is 6.97. The molecule has 2 heterocycles. The van der Waals surface area contributed by atoms with Crippen molar-refractivity contribution >= 4 is 27.7 Å². The highest BCUT2D eigenvalue weighted by Gasteiger charge is 2.24. The molecule has 1 amide bonds. The number of hydrogen-bond donors (Lipinski definition) is 0. The van der Waals surface area contributed by atoms with Crippen molar-refractivity contribution in [3.63, 3.8) is 0 Å². The number of rotatable bonds is 5. The Labute approximate surface area is 142 Å². The van der Waals surface area contributed by atoms with Crippen molar-refractivity contribution in [2.24, 2.45) is 0 Å². The van der Waals surface area contributed by atoms with Gasteiger partial charge in [-0.2, -0.15) is 0 Å². The molecular formula is C18H18N2O3S.